The topological polar surface area (TPSA) is 29.6 Å². The number of Topliss-reactive ketones (excluding diaryl/α,β-unsaturated/α-hetero) is 1. The van der Waals surface area contributed by atoms with Gasteiger partial charge >= 0.3 is 0 Å². The molecule has 10 atom stereocenters. The maximum Gasteiger partial charge on any atom is 0.180 e. The summed E-state index contributed by atoms with van der Waals surface area (Å²) >= 11 is 33.3. The van der Waals surface area contributed by atoms with E-state index in [1.165, 1.54) is 0 Å². The number of ether oxygens (including phenoxy) is 1. The Labute approximate surface area is 134 Å². The van der Waals surface area contributed by atoms with E-state index >= 15 is 0 Å². The molecule has 0 amide bonds. The Kier molecular flexibility index (Phi) is 1.52. The first kappa shape index (κ1) is 11.6. The molecule has 5 saturated carbocycles. The molecule has 1 aliphatic heterocycles. The molecule has 6 fully saturated rings. The van der Waals surface area contributed by atoms with Crippen molar-refractivity contribution in [3.8, 4) is 0 Å². The number of fused-ring (bicyclic) bond motifs is 5. The Morgan fingerprint density at radius 1 is 0.842 bits per heavy atom. The van der Waals surface area contributed by atoms with Gasteiger partial charge in [-0.3, -0.25) is 4.79 Å². The van der Waals surface area contributed by atoms with E-state index in [2.05, 4.69) is 0 Å². The predicted molar refractivity (Wildman–Crippen MR) is 71.3 cm³/mol. The van der Waals surface area contributed by atoms with Crippen molar-refractivity contribution in [2.45, 2.75) is 31.2 Å². The third-order valence-corrected chi connectivity index (χ3v) is 10.8. The maximum atomic E-state index is 12.8. The first-order chi connectivity index (χ1) is 8.75. The van der Waals surface area contributed by atoms with Crippen LogP contribution in [0.4, 0.5) is 0 Å². The Morgan fingerprint density at radius 3 is 2.05 bits per heavy atom. The van der Waals surface area contributed by atoms with Gasteiger partial charge in [-0.25, -0.2) is 0 Å². The average Bonchev–Trinajstić information content (AvgIpc) is 2.89. The molecule has 19 heavy (non-hydrogen) atoms. The van der Waals surface area contributed by atoms with Crippen molar-refractivity contribution in [3.05, 3.63) is 0 Å². The fourth-order valence-corrected chi connectivity index (χ4v) is 9.68. The SMILES string of the molecule is O=C1C2(Cl)C3C4C5C(C3C(Cl)(C15Cl)C2(Cl)Cl)[C@@H]1O[C@H]41. The Balaban J connectivity index is 1.78. The van der Waals surface area contributed by atoms with E-state index in [4.69, 9.17) is 62.7 Å². The smallest absolute Gasteiger partial charge is 0.180 e. The van der Waals surface area contributed by atoms with Crippen LogP contribution in [-0.4, -0.2) is 36.9 Å². The fourth-order valence-electron chi connectivity index (χ4n) is 6.58. The van der Waals surface area contributed by atoms with E-state index in [0.29, 0.717) is 0 Å². The molecule has 0 aromatic heterocycles. The van der Waals surface area contributed by atoms with Crippen molar-refractivity contribution in [3.63, 3.8) is 0 Å². The van der Waals surface area contributed by atoms with Gasteiger partial charge in [-0.05, 0) is 29.6 Å². The van der Waals surface area contributed by atoms with Gasteiger partial charge < -0.3 is 4.74 Å². The molecule has 1 heterocycles. The molecule has 2 nitrogen and oxygen atoms in total. The molecule has 0 N–H and O–H groups in total. The molecule has 6 aliphatic rings. The van der Waals surface area contributed by atoms with Gasteiger partial charge in [-0.1, -0.05) is 23.2 Å². The van der Waals surface area contributed by atoms with Crippen molar-refractivity contribution >= 4 is 63.8 Å². The van der Waals surface area contributed by atoms with Crippen molar-refractivity contribution in [2.24, 2.45) is 29.6 Å². The van der Waals surface area contributed by atoms with E-state index in [0.717, 1.165) is 0 Å². The van der Waals surface area contributed by atoms with Crippen molar-refractivity contribution < 1.29 is 9.53 Å². The predicted octanol–water partition coefficient (Wildman–Crippen LogP) is 2.58. The van der Waals surface area contributed by atoms with Crippen molar-refractivity contribution in [1.29, 1.82) is 0 Å². The first-order valence-corrected chi connectivity index (χ1v) is 8.29. The summed E-state index contributed by atoms with van der Waals surface area (Å²) in [5, 5.41) is 0. The number of hydrogen-bond donors (Lipinski definition) is 0. The highest BCUT2D eigenvalue weighted by atomic mass is 35.5. The number of carbonyl (C=O) groups is 1. The molecule has 102 valence electrons. The van der Waals surface area contributed by atoms with Crippen LogP contribution in [0.2, 0.25) is 0 Å². The van der Waals surface area contributed by atoms with Crippen molar-refractivity contribution in [2.75, 3.05) is 0 Å². The van der Waals surface area contributed by atoms with Crippen LogP contribution in [0, 0.1) is 29.6 Å². The molecule has 0 spiro atoms. The van der Waals surface area contributed by atoms with E-state index in [1.54, 1.807) is 0 Å². The van der Waals surface area contributed by atoms with Crippen LogP contribution in [-0.2, 0) is 9.53 Å². The standard InChI is InChI=1S/C12H7Cl5O2/c13-9-3-1-4-5(2(3)7-6(1)19-7)11(9,15)12(16,17)10(4,14)8(9)18/h1-7H/t1?,2?,3?,4?,5?,6-,7+,9?,10?,11?/m1/s1. The normalized spacial score (nSPS) is 79.2. The molecule has 1 saturated heterocycles. The van der Waals surface area contributed by atoms with Gasteiger partial charge in [0.15, 0.2) is 10.1 Å². The van der Waals surface area contributed by atoms with E-state index in [9.17, 15) is 4.79 Å². The quantitative estimate of drug-likeness (QED) is 0.491. The second kappa shape index (κ2) is 2.49. The third-order valence-electron chi connectivity index (χ3n) is 6.85. The first-order valence-electron chi connectivity index (χ1n) is 6.40. The summed E-state index contributed by atoms with van der Waals surface area (Å²) in [6.45, 7) is 0. The lowest BCUT2D eigenvalue weighted by Gasteiger charge is -2.49. The minimum Gasteiger partial charge on any atom is -0.369 e. The minimum atomic E-state index is -1.50. The van der Waals surface area contributed by atoms with Crippen LogP contribution in [0.5, 0.6) is 0 Å². The van der Waals surface area contributed by atoms with Crippen LogP contribution in [0.3, 0.4) is 0 Å². The minimum absolute atomic E-state index is 0.00406. The molecule has 6 bridgehead atoms. The molecule has 5 aliphatic carbocycles. The highest BCUT2D eigenvalue weighted by Crippen LogP contribution is 2.93. The number of hydrogen-bond acceptors (Lipinski definition) is 2. The fraction of sp³-hybridized carbons (Fsp3) is 0.917. The lowest BCUT2D eigenvalue weighted by atomic mass is 9.62. The molecule has 0 aromatic rings. The van der Waals surface area contributed by atoms with E-state index < -0.39 is 19.0 Å². The van der Waals surface area contributed by atoms with Gasteiger partial charge in [0, 0.05) is 0 Å². The zero-order chi connectivity index (χ0) is 13.3. The average molecular weight is 360 g/mol. The summed E-state index contributed by atoms with van der Waals surface area (Å²) in [6, 6.07) is 0. The van der Waals surface area contributed by atoms with Gasteiger partial charge in [0.1, 0.15) is 14.6 Å². The summed E-state index contributed by atoms with van der Waals surface area (Å²) in [6.07, 6.45) is 0.369. The molecule has 7 heteroatoms. The summed E-state index contributed by atoms with van der Waals surface area (Å²) in [4.78, 5) is 9.09. The number of alkyl halides is 5. The summed E-state index contributed by atoms with van der Waals surface area (Å²) in [7, 11) is 0. The Hall–Kier alpha value is 1.08. The van der Waals surface area contributed by atoms with Gasteiger partial charge in [-0.15, -0.1) is 34.8 Å². The van der Waals surface area contributed by atoms with Crippen LogP contribution >= 0.6 is 58.0 Å². The molecule has 6 rings (SSSR count). The van der Waals surface area contributed by atoms with E-state index in [1.807, 2.05) is 0 Å². The lowest BCUT2D eigenvalue weighted by molar-refractivity contribution is -0.130. The van der Waals surface area contributed by atoms with Gasteiger partial charge in [0.25, 0.3) is 0 Å². The van der Waals surface area contributed by atoms with Gasteiger partial charge in [0.05, 0.1) is 12.2 Å². The number of carbonyl (C=O) groups excluding carboxylic acids is 1. The molecule has 0 radical (unpaired) electrons. The molecule has 0 aromatic carbocycles. The summed E-state index contributed by atoms with van der Waals surface area (Å²) in [5.74, 6) is 0.0702. The van der Waals surface area contributed by atoms with Crippen LogP contribution in [0.15, 0.2) is 0 Å². The zero-order valence-corrected chi connectivity index (χ0v) is 13.0. The van der Waals surface area contributed by atoms with Gasteiger partial charge in [0.2, 0.25) is 0 Å². The molecular formula is C12H7Cl5O2. The second-order valence-corrected chi connectivity index (χ2v) is 9.95. The monoisotopic (exact) mass is 358 g/mol. The number of ketones is 1. The largest absolute Gasteiger partial charge is 0.369 e. The number of epoxide rings is 1. The number of halogens is 5. The molecular weight excluding hydrogens is 353 g/mol. The van der Waals surface area contributed by atoms with Crippen LogP contribution < -0.4 is 0 Å². The number of rotatable bonds is 0. The van der Waals surface area contributed by atoms with Crippen LogP contribution in [0.1, 0.15) is 0 Å². The van der Waals surface area contributed by atoms with E-state index in [-0.39, 0.29) is 47.6 Å². The third kappa shape index (κ3) is 0.656. The summed E-state index contributed by atoms with van der Waals surface area (Å²) in [5.41, 5.74) is 0. The Bertz CT molecular complexity index is 599. The summed E-state index contributed by atoms with van der Waals surface area (Å²) < 4.78 is 4.20. The van der Waals surface area contributed by atoms with Crippen LogP contribution in [0.25, 0.3) is 0 Å². The zero-order valence-electron chi connectivity index (χ0n) is 9.25. The highest BCUT2D eigenvalue weighted by Gasteiger charge is 3.05. The Morgan fingerprint density at radius 2 is 1.42 bits per heavy atom. The highest BCUT2D eigenvalue weighted by molar-refractivity contribution is 6.69. The second-order valence-electron chi connectivity index (χ2n) is 6.84. The van der Waals surface area contributed by atoms with Crippen molar-refractivity contribution in [1.82, 2.24) is 0 Å². The maximum absolute atomic E-state index is 12.8. The molecule has 8 unspecified atom stereocenters. The van der Waals surface area contributed by atoms with Gasteiger partial charge in [-0.2, -0.15) is 0 Å². The lowest BCUT2D eigenvalue weighted by Crippen LogP contribution is -2.64.